The second-order valence-electron chi connectivity index (χ2n) is 5.79. The van der Waals surface area contributed by atoms with E-state index in [4.69, 9.17) is 4.74 Å². The van der Waals surface area contributed by atoms with E-state index in [1.165, 1.54) is 12.3 Å². The number of nitro groups is 1. The third kappa shape index (κ3) is 4.79. The summed E-state index contributed by atoms with van der Waals surface area (Å²) in [6.45, 7) is 0.324. The van der Waals surface area contributed by atoms with E-state index in [0.29, 0.717) is 23.5 Å². The summed E-state index contributed by atoms with van der Waals surface area (Å²) in [5, 5.41) is 14.8. The van der Waals surface area contributed by atoms with Crippen molar-refractivity contribution in [2.45, 2.75) is 6.61 Å². The molecule has 3 aromatic carbocycles. The summed E-state index contributed by atoms with van der Waals surface area (Å²) in [5.41, 5.74) is 3.88. The Hall–Kier alpha value is -4.00. The van der Waals surface area contributed by atoms with Crippen LogP contribution in [0.25, 0.3) is 0 Å². The lowest BCUT2D eigenvalue weighted by Gasteiger charge is -2.10. The predicted octanol–water partition coefficient (Wildman–Crippen LogP) is 3.94. The second kappa shape index (κ2) is 9.09. The van der Waals surface area contributed by atoms with Crippen molar-refractivity contribution in [2.75, 3.05) is 0 Å². The SMILES string of the molecule is O=C(N/N=C\c1ccccc1[N+](=O)[O-])c1ccccc1OCc1ccccc1. The normalized spacial score (nSPS) is 10.6. The Balaban J connectivity index is 1.69. The second-order valence-corrected chi connectivity index (χ2v) is 5.79. The van der Waals surface area contributed by atoms with E-state index in [1.54, 1.807) is 42.5 Å². The van der Waals surface area contributed by atoms with Crippen LogP contribution in [0.3, 0.4) is 0 Å². The lowest BCUT2D eigenvalue weighted by molar-refractivity contribution is -0.385. The molecule has 0 aromatic heterocycles. The number of hydrogen-bond donors (Lipinski definition) is 1. The van der Waals surface area contributed by atoms with Gasteiger partial charge in [0.05, 0.1) is 22.3 Å². The number of nitro benzene ring substituents is 1. The van der Waals surface area contributed by atoms with Gasteiger partial charge in [-0.2, -0.15) is 5.10 Å². The highest BCUT2D eigenvalue weighted by atomic mass is 16.6. The number of ether oxygens (including phenoxy) is 1. The topological polar surface area (TPSA) is 93.8 Å². The number of para-hydroxylation sites is 2. The molecule has 0 fully saturated rings. The monoisotopic (exact) mass is 375 g/mol. The van der Waals surface area contributed by atoms with Gasteiger partial charge in [0.1, 0.15) is 12.4 Å². The van der Waals surface area contributed by atoms with Crippen molar-refractivity contribution in [3.63, 3.8) is 0 Å². The molecule has 0 bridgehead atoms. The molecular weight excluding hydrogens is 358 g/mol. The van der Waals surface area contributed by atoms with Gasteiger partial charge in [-0.25, -0.2) is 5.43 Å². The molecule has 0 radical (unpaired) electrons. The van der Waals surface area contributed by atoms with E-state index in [1.807, 2.05) is 30.3 Å². The van der Waals surface area contributed by atoms with Gasteiger partial charge in [0.15, 0.2) is 0 Å². The Morgan fingerprint density at radius 2 is 1.68 bits per heavy atom. The quantitative estimate of drug-likeness (QED) is 0.384. The summed E-state index contributed by atoms with van der Waals surface area (Å²) in [6.07, 6.45) is 1.24. The molecule has 28 heavy (non-hydrogen) atoms. The summed E-state index contributed by atoms with van der Waals surface area (Å²) < 4.78 is 5.76. The molecule has 0 saturated carbocycles. The minimum atomic E-state index is -0.504. The molecule has 140 valence electrons. The number of carbonyl (C=O) groups is 1. The summed E-state index contributed by atoms with van der Waals surface area (Å²) in [4.78, 5) is 23.0. The molecular formula is C21H17N3O4. The minimum absolute atomic E-state index is 0.0907. The first kappa shape index (κ1) is 18.8. The number of nitrogens with one attached hydrogen (secondary N) is 1. The Kier molecular flexibility index (Phi) is 6.10. The van der Waals surface area contributed by atoms with Crippen LogP contribution in [0, 0.1) is 10.1 Å². The first-order valence-corrected chi connectivity index (χ1v) is 8.48. The maximum Gasteiger partial charge on any atom is 0.278 e. The van der Waals surface area contributed by atoms with E-state index < -0.39 is 10.8 Å². The highest BCUT2D eigenvalue weighted by molar-refractivity contribution is 5.97. The number of amides is 1. The Bertz CT molecular complexity index is 1000. The number of hydrazone groups is 1. The van der Waals surface area contributed by atoms with Crippen LogP contribution in [-0.2, 0) is 6.61 Å². The molecule has 7 heteroatoms. The van der Waals surface area contributed by atoms with Crippen LogP contribution in [0.1, 0.15) is 21.5 Å². The van der Waals surface area contributed by atoms with Gasteiger partial charge in [0, 0.05) is 6.07 Å². The molecule has 0 heterocycles. The summed E-state index contributed by atoms with van der Waals surface area (Å²) in [5.74, 6) is -0.0526. The van der Waals surface area contributed by atoms with Crippen molar-refractivity contribution < 1.29 is 14.5 Å². The number of rotatable bonds is 7. The van der Waals surface area contributed by atoms with E-state index in [2.05, 4.69) is 10.5 Å². The minimum Gasteiger partial charge on any atom is -0.488 e. The van der Waals surface area contributed by atoms with Gasteiger partial charge in [-0.1, -0.05) is 54.6 Å². The van der Waals surface area contributed by atoms with Crippen molar-refractivity contribution in [3.05, 3.63) is 106 Å². The first-order valence-electron chi connectivity index (χ1n) is 8.48. The van der Waals surface area contributed by atoms with Gasteiger partial charge >= 0.3 is 0 Å². The van der Waals surface area contributed by atoms with Crippen LogP contribution in [-0.4, -0.2) is 17.0 Å². The number of carbonyl (C=O) groups excluding carboxylic acids is 1. The van der Waals surface area contributed by atoms with E-state index in [0.717, 1.165) is 5.56 Å². The summed E-state index contributed by atoms with van der Waals surface area (Å²) in [6, 6.07) is 22.5. The lowest BCUT2D eigenvalue weighted by atomic mass is 10.2. The molecule has 1 amide bonds. The van der Waals surface area contributed by atoms with Crippen molar-refractivity contribution in [1.82, 2.24) is 5.43 Å². The first-order chi connectivity index (χ1) is 13.6. The molecule has 7 nitrogen and oxygen atoms in total. The van der Waals surface area contributed by atoms with Crippen molar-refractivity contribution in [1.29, 1.82) is 0 Å². The highest BCUT2D eigenvalue weighted by Crippen LogP contribution is 2.19. The predicted molar refractivity (Wildman–Crippen MR) is 105 cm³/mol. The zero-order chi connectivity index (χ0) is 19.8. The molecule has 0 unspecified atom stereocenters. The average Bonchev–Trinajstić information content (AvgIpc) is 2.73. The van der Waals surface area contributed by atoms with Gasteiger partial charge in [0.2, 0.25) is 0 Å². The maximum atomic E-state index is 12.4. The van der Waals surface area contributed by atoms with Crippen molar-refractivity contribution >= 4 is 17.8 Å². The van der Waals surface area contributed by atoms with Crippen molar-refractivity contribution in [3.8, 4) is 5.75 Å². The van der Waals surface area contributed by atoms with Crippen molar-refractivity contribution in [2.24, 2.45) is 5.10 Å². The Labute approximate surface area is 161 Å². The van der Waals surface area contributed by atoms with Gasteiger partial charge in [0.25, 0.3) is 11.6 Å². The molecule has 0 atom stereocenters. The van der Waals surface area contributed by atoms with E-state index in [9.17, 15) is 14.9 Å². The molecule has 0 spiro atoms. The van der Waals surface area contributed by atoms with E-state index >= 15 is 0 Å². The zero-order valence-corrected chi connectivity index (χ0v) is 14.8. The fraction of sp³-hybridized carbons (Fsp3) is 0.0476. The standard InChI is InChI=1S/C21H17N3O4/c25-21(23-22-14-17-10-4-6-12-19(17)24(26)27)18-11-5-7-13-20(18)28-15-16-8-2-1-3-9-16/h1-14H,15H2,(H,23,25)/b22-14-. The molecule has 0 aliphatic carbocycles. The zero-order valence-electron chi connectivity index (χ0n) is 14.8. The summed E-state index contributed by atoms with van der Waals surface area (Å²) in [7, 11) is 0. The largest absolute Gasteiger partial charge is 0.488 e. The number of hydrogen-bond acceptors (Lipinski definition) is 5. The average molecular weight is 375 g/mol. The smallest absolute Gasteiger partial charge is 0.278 e. The number of benzene rings is 3. The molecule has 3 rings (SSSR count). The fourth-order valence-corrected chi connectivity index (χ4v) is 2.50. The lowest BCUT2D eigenvalue weighted by Crippen LogP contribution is -2.18. The maximum absolute atomic E-state index is 12.4. The van der Waals surface area contributed by atoms with Crippen LogP contribution < -0.4 is 10.2 Å². The molecule has 3 aromatic rings. The molecule has 1 N–H and O–H groups in total. The van der Waals surface area contributed by atoms with Gasteiger partial charge in [-0.3, -0.25) is 14.9 Å². The van der Waals surface area contributed by atoms with Crippen LogP contribution in [0.4, 0.5) is 5.69 Å². The number of nitrogens with zero attached hydrogens (tertiary/aromatic N) is 2. The molecule has 0 saturated heterocycles. The van der Waals surface area contributed by atoms with Crippen LogP contribution >= 0.6 is 0 Å². The fourth-order valence-electron chi connectivity index (χ4n) is 2.50. The molecule has 0 aliphatic heterocycles. The summed E-state index contributed by atoms with van der Waals surface area (Å²) >= 11 is 0. The highest BCUT2D eigenvalue weighted by Gasteiger charge is 2.13. The van der Waals surface area contributed by atoms with Gasteiger partial charge < -0.3 is 4.74 Å². The van der Waals surface area contributed by atoms with Gasteiger partial charge in [-0.15, -0.1) is 0 Å². The van der Waals surface area contributed by atoms with Gasteiger partial charge in [-0.05, 0) is 23.8 Å². The van der Waals surface area contributed by atoms with Crippen LogP contribution in [0.2, 0.25) is 0 Å². The van der Waals surface area contributed by atoms with Crippen LogP contribution in [0.15, 0.2) is 84.0 Å². The molecule has 0 aliphatic rings. The van der Waals surface area contributed by atoms with Crippen LogP contribution in [0.5, 0.6) is 5.75 Å². The third-order valence-electron chi connectivity index (χ3n) is 3.87. The Morgan fingerprint density at radius 3 is 2.46 bits per heavy atom. The van der Waals surface area contributed by atoms with E-state index in [-0.39, 0.29) is 5.69 Å². The Morgan fingerprint density at radius 1 is 1.00 bits per heavy atom. The third-order valence-corrected chi connectivity index (χ3v) is 3.87.